The number of anilines is 1. The maximum atomic E-state index is 6.03. The molecule has 3 aromatic rings. The molecule has 0 amide bonds. The molecule has 0 aliphatic rings. The fraction of sp³-hybridized carbons (Fsp3) is 0.133. The van der Waals surface area contributed by atoms with Gasteiger partial charge in [0.2, 0.25) is 0 Å². The Labute approximate surface area is 117 Å². The van der Waals surface area contributed by atoms with Gasteiger partial charge in [0.25, 0.3) is 0 Å². The van der Waals surface area contributed by atoms with Gasteiger partial charge >= 0.3 is 0 Å². The van der Waals surface area contributed by atoms with Crippen LogP contribution in [0.4, 0.5) is 5.82 Å². The standard InChI is InChI=1S/C15H15N5/c1-10-5-3-4-6-12(10)13-9-14(16)20(19-13)15-8-7-11(2)17-18-15/h3-9H,16H2,1-2H3. The molecule has 2 heterocycles. The summed E-state index contributed by atoms with van der Waals surface area (Å²) in [5, 5.41) is 12.7. The molecular weight excluding hydrogens is 250 g/mol. The Balaban J connectivity index is 2.08. The van der Waals surface area contributed by atoms with E-state index in [9.17, 15) is 0 Å². The highest BCUT2D eigenvalue weighted by Crippen LogP contribution is 2.24. The molecule has 5 nitrogen and oxygen atoms in total. The second-order valence-corrected chi connectivity index (χ2v) is 4.71. The van der Waals surface area contributed by atoms with Crippen LogP contribution in [0.1, 0.15) is 11.3 Å². The first-order valence-corrected chi connectivity index (χ1v) is 6.37. The third-order valence-electron chi connectivity index (χ3n) is 3.16. The highest BCUT2D eigenvalue weighted by Gasteiger charge is 2.11. The number of benzene rings is 1. The van der Waals surface area contributed by atoms with Gasteiger partial charge in [-0.05, 0) is 31.5 Å². The van der Waals surface area contributed by atoms with Gasteiger partial charge < -0.3 is 5.73 Å². The van der Waals surface area contributed by atoms with E-state index in [2.05, 4.69) is 28.3 Å². The Kier molecular flexibility index (Phi) is 2.95. The molecular formula is C15H15N5. The van der Waals surface area contributed by atoms with Crippen LogP contribution in [-0.2, 0) is 0 Å². The predicted molar refractivity (Wildman–Crippen MR) is 78.5 cm³/mol. The molecule has 0 spiro atoms. The van der Waals surface area contributed by atoms with Crippen molar-refractivity contribution in [3.63, 3.8) is 0 Å². The largest absolute Gasteiger partial charge is 0.384 e. The highest BCUT2D eigenvalue weighted by atomic mass is 15.4. The van der Waals surface area contributed by atoms with Crippen molar-refractivity contribution in [2.45, 2.75) is 13.8 Å². The van der Waals surface area contributed by atoms with Crippen LogP contribution < -0.4 is 5.73 Å². The lowest BCUT2D eigenvalue weighted by Crippen LogP contribution is -2.05. The summed E-state index contributed by atoms with van der Waals surface area (Å²) in [6, 6.07) is 13.7. The van der Waals surface area contributed by atoms with Gasteiger partial charge in [-0.1, -0.05) is 24.3 Å². The van der Waals surface area contributed by atoms with Crippen molar-refractivity contribution in [3.05, 3.63) is 53.7 Å². The topological polar surface area (TPSA) is 69.6 Å². The molecule has 0 aliphatic heterocycles. The van der Waals surface area contributed by atoms with E-state index in [4.69, 9.17) is 5.73 Å². The lowest BCUT2D eigenvalue weighted by Gasteiger charge is -2.02. The van der Waals surface area contributed by atoms with E-state index in [1.54, 1.807) is 4.68 Å². The van der Waals surface area contributed by atoms with E-state index in [-0.39, 0.29) is 0 Å². The lowest BCUT2D eigenvalue weighted by atomic mass is 10.1. The van der Waals surface area contributed by atoms with Gasteiger partial charge in [-0.15, -0.1) is 5.10 Å². The number of aromatic nitrogens is 4. The van der Waals surface area contributed by atoms with Gasteiger partial charge in [-0.3, -0.25) is 0 Å². The minimum atomic E-state index is 0.543. The van der Waals surface area contributed by atoms with Crippen molar-refractivity contribution in [2.75, 3.05) is 5.73 Å². The van der Waals surface area contributed by atoms with E-state index < -0.39 is 0 Å². The first-order chi connectivity index (χ1) is 9.65. The molecule has 0 saturated heterocycles. The molecule has 20 heavy (non-hydrogen) atoms. The smallest absolute Gasteiger partial charge is 0.178 e. The molecule has 0 fully saturated rings. The van der Waals surface area contributed by atoms with Gasteiger partial charge in [0.15, 0.2) is 5.82 Å². The Morgan fingerprint density at radius 1 is 1.00 bits per heavy atom. The number of rotatable bonds is 2. The molecule has 100 valence electrons. The van der Waals surface area contributed by atoms with Crippen LogP contribution in [0.25, 0.3) is 17.1 Å². The molecule has 0 unspecified atom stereocenters. The van der Waals surface area contributed by atoms with Crippen LogP contribution in [-0.4, -0.2) is 20.0 Å². The zero-order valence-corrected chi connectivity index (χ0v) is 11.4. The van der Waals surface area contributed by atoms with Gasteiger partial charge in [-0.25, -0.2) is 0 Å². The van der Waals surface area contributed by atoms with E-state index in [0.717, 1.165) is 22.5 Å². The van der Waals surface area contributed by atoms with Crippen LogP contribution in [0.15, 0.2) is 42.5 Å². The summed E-state index contributed by atoms with van der Waals surface area (Å²) in [5.74, 6) is 1.16. The summed E-state index contributed by atoms with van der Waals surface area (Å²) in [6.45, 7) is 3.94. The predicted octanol–water partition coefficient (Wildman–Crippen LogP) is 2.53. The second-order valence-electron chi connectivity index (χ2n) is 4.71. The molecule has 0 saturated carbocycles. The van der Waals surface area contributed by atoms with Gasteiger partial charge in [-0.2, -0.15) is 14.9 Å². The fourth-order valence-electron chi connectivity index (χ4n) is 2.08. The Bertz CT molecular complexity index is 743. The monoisotopic (exact) mass is 265 g/mol. The van der Waals surface area contributed by atoms with Gasteiger partial charge in [0, 0.05) is 11.6 Å². The van der Waals surface area contributed by atoms with E-state index >= 15 is 0 Å². The Hall–Kier alpha value is -2.69. The Morgan fingerprint density at radius 2 is 1.80 bits per heavy atom. The molecule has 0 radical (unpaired) electrons. The number of nitrogens with two attached hydrogens (primary N) is 1. The van der Waals surface area contributed by atoms with E-state index in [0.29, 0.717) is 11.6 Å². The molecule has 0 bridgehead atoms. The van der Waals surface area contributed by atoms with Crippen LogP contribution in [0.2, 0.25) is 0 Å². The summed E-state index contributed by atoms with van der Waals surface area (Å²) in [6.07, 6.45) is 0. The number of hydrogen-bond donors (Lipinski definition) is 1. The minimum absolute atomic E-state index is 0.543. The fourth-order valence-corrected chi connectivity index (χ4v) is 2.08. The molecule has 1 aromatic carbocycles. The molecule has 0 atom stereocenters. The maximum absolute atomic E-state index is 6.03. The molecule has 0 aliphatic carbocycles. The van der Waals surface area contributed by atoms with Crippen LogP contribution in [0, 0.1) is 13.8 Å². The quantitative estimate of drug-likeness (QED) is 0.773. The SMILES string of the molecule is Cc1ccc(-n2nc(-c3ccccc3C)cc2N)nn1. The molecule has 2 aromatic heterocycles. The zero-order valence-electron chi connectivity index (χ0n) is 11.4. The third kappa shape index (κ3) is 2.14. The van der Waals surface area contributed by atoms with E-state index in [1.165, 1.54) is 0 Å². The second kappa shape index (κ2) is 4.77. The summed E-state index contributed by atoms with van der Waals surface area (Å²) in [5.41, 5.74) is 9.95. The maximum Gasteiger partial charge on any atom is 0.178 e. The zero-order chi connectivity index (χ0) is 14.1. The summed E-state index contributed by atoms with van der Waals surface area (Å²) in [4.78, 5) is 0. The van der Waals surface area contributed by atoms with Crippen molar-refractivity contribution in [2.24, 2.45) is 0 Å². The van der Waals surface area contributed by atoms with Crippen LogP contribution in [0.5, 0.6) is 0 Å². The van der Waals surface area contributed by atoms with Gasteiger partial charge in [0.1, 0.15) is 5.82 Å². The lowest BCUT2D eigenvalue weighted by molar-refractivity contribution is 0.816. The average Bonchev–Trinajstić information content (AvgIpc) is 2.82. The molecule has 3 rings (SSSR count). The molecule has 5 heteroatoms. The van der Waals surface area contributed by atoms with Crippen molar-refractivity contribution in [1.29, 1.82) is 0 Å². The summed E-state index contributed by atoms with van der Waals surface area (Å²) < 4.78 is 1.61. The van der Waals surface area contributed by atoms with Crippen molar-refractivity contribution in [1.82, 2.24) is 20.0 Å². The summed E-state index contributed by atoms with van der Waals surface area (Å²) >= 11 is 0. The summed E-state index contributed by atoms with van der Waals surface area (Å²) in [7, 11) is 0. The van der Waals surface area contributed by atoms with Crippen molar-refractivity contribution in [3.8, 4) is 17.1 Å². The first-order valence-electron chi connectivity index (χ1n) is 6.37. The van der Waals surface area contributed by atoms with Gasteiger partial charge in [0.05, 0.1) is 11.4 Å². The van der Waals surface area contributed by atoms with Crippen LogP contribution in [0.3, 0.4) is 0 Å². The third-order valence-corrected chi connectivity index (χ3v) is 3.16. The number of hydrogen-bond acceptors (Lipinski definition) is 4. The molecule has 2 N–H and O–H groups in total. The number of aryl methyl sites for hydroxylation is 2. The average molecular weight is 265 g/mol. The normalized spacial score (nSPS) is 10.7. The minimum Gasteiger partial charge on any atom is -0.384 e. The van der Waals surface area contributed by atoms with Crippen molar-refractivity contribution < 1.29 is 0 Å². The van der Waals surface area contributed by atoms with Crippen molar-refractivity contribution >= 4 is 5.82 Å². The van der Waals surface area contributed by atoms with Crippen LogP contribution >= 0.6 is 0 Å². The number of nitrogen functional groups attached to an aromatic ring is 1. The Morgan fingerprint density at radius 3 is 2.50 bits per heavy atom. The first kappa shape index (κ1) is 12.3. The number of nitrogens with zero attached hydrogens (tertiary/aromatic N) is 4. The van der Waals surface area contributed by atoms with E-state index in [1.807, 2.05) is 43.3 Å². The highest BCUT2D eigenvalue weighted by molar-refractivity contribution is 5.66.